The molecule has 152 valence electrons. The second kappa shape index (κ2) is 7.67. The molecule has 8 nitrogen and oxygen atoms in total. The molecule has 0 radical (unpaired) electrons. The lowest BCUT2D eigenvalue weighted by Gasteiger charge is -2.35. The van der Waals surface area contributed by atoms with E-state index in [-0.39, 0.29) is 34.4 Å². The smallest absolute Gasteiger partial charge is 0.337 e. The van der Waals surface area contributed by atoms with Crippen LogP contribution >= 0.6 is 0 Å². The quantitative estimate of drug-likeness (QED) is 0.620. The molecule has 1 atom stereocenters. The molecule has 0 bridgehead atoms. The maximum absolute atomic E-state index is 12.6. The Morgan fingerprint density at radius 3 is 2.38 bits per heavy atom. The number of hydrogen-bond donors (Lipinski definition) is 3. The molecule has 1 saturated heterocycles. The van der Waals surface area contributed by atoms with E-state index in [0.717, 1.165) is 0 Å². The van der Waals surface area contributed by atoms with E-state index in [1.807, 2.05) is 6.92 Å². The first-order valence-corrected chi connectivity index (χ1v) is 10.5. The fourth-order valence-corrected chi connectivity index (χ4v) is 4.77. The van der Waals surface area contributed by atoms with E-state index in [9.17, 15) is 27.9 Å². The van der Waals surface area contributed by atoms with Crippen LogP contribution in [-0.2, 0) is 25.0 Å². The van der Waals surface area contributed by atoms with Crippen molar-refractivity contribution in [3.63, 3.8) is 0 Å². The van der Waals surface area contributed by atoms with E-state index in [2.05, 4.69) is 10.0 Å². The summed E-state index contributed by atoms with van der Waals surface area (Å²) in [6, 6.07) is 11.6. The Kier molecular flexibility index (Phi) is 5.43. The Hall–Kier alpha value is -3.20. The lowest BCUT2D eigenvalue weighted by atomic mass is 9.72. The van der Waals surface area contributed by atoms with Crippen molar-refractivity contribution in [2.45, 2.75) is 36.5 Å². The highest BCUT2D eigenvalue weighted by molar-refractivity contribution is 7.92. The van der Waals surface area contributed by atoms with Crippen molar-refractivity contribution in [3.8, 4) is 0 Å². The maximum Gasteiger partial charge on any atom is 0.337 e. The number of piperidine rings is 1. The highest BCUT2D eigenvalue weighted by Crippen LogP contribution is 2.36. The van der Waals surface area contributed by atoms with Gasteiger partial charge >= 0.3 is 5.97 Å². The van der Waals surface area contributed by atoms with Crippen LogP contribution in [0.2, 0.25) is 0 Å². The van der Waals surface area contributed by atoms with Gasteiger partial charge in [-0.3, -0.25) is 19.6 Å². The SMILES string of the molecule is CCC1(c2ccc(NS(=O)(=O)c3ccccc3C(=O)O)cc2)CCC(=O)NC1=O. The number of carbonyl (C=O) groups excluding carboxylic acids is 2. The van der Waals surface area contributed by atoms with Gasteiger partial charge in [0.05, 0.1) is 11.0 Å². The van der Waals surface area contributed by atoms with Crippen LogP contribution in [0.4, 0.5) is 5.69 Å². The van der Waals surface area contributed by atoms with Crippen LogP contribution in [0.5, 0.6) is 0 Å². The number of amides is 2. The zero-order valence-corrected chi connectivity index (χ0v) is 16.5. The second-order valence-electron chi connectivity index (χ2n) is 6.80. The van der Waals surface area contributed by atoms with Gasteiger partial charge in [0.25, 0.3) is 10.0 Å². The van der Waals surface area contributed by atoms with Crippen LogP contribution in [-0.4, -0.2) is 31.3 Å². The number of nitrogens with one attached hydrogen (secondary N) is 2. The van der Waals surface area contributed by atoms with Gasteiger partial charge in [0.1, 0.15) is 4.90 Å². The molecule has 1 fully saturated rings. The monoisotopic (exact) mass is 416 g/mol. The zero-order chi connectivity index (χ0) is 21.2. The summed E-state index contributed by atoms with van der Waals surface area (Å²) in [5.41, 5.74) is -0.266. The summed E-state index contributed by atoms with van der Waals surface area (Å²) in [5.74, 6) is -2.01. The first-order chi connectivity index (χ1) is 13.7. The van der Waals surface area contributed by atoms with Crippen LogP contribution < -0.4 is 10.0 Å². The average Bonchev–Trinajstić information content (AvgIpc) is 2.69. The van der Waals surface area contributed by atoms with Crippen LogP contribution in [0.3, 0.4) is 0 Å². The zero-order valence-electron chi connectivity index (χ0n) is 15.6. The molecule has 1 aliphatic rings. The molecule has 9 heteroatoms. The third-order valence-electron chi connectivity index (χ3n) is 5.17. The molecule has 1 heterocycles. The Morgan fingerprint density at radius 1 is 1.14 bits per heavy atom. The Balaban J connectivity index is 1.89. The number of carboxylic acid groups (broad SMARTS) is 1. The normalized spacial score (nSPS) is 19.5. The number of rotatable bonds is 6. The molecule has 2 aromatic carbocycles. The third-order valence-corrected chi connectivity index (χ3v) is 6.61. The summed E-state index contributed by atoms with van der Waals surface area (Å²) in [4.78, 5) is 34.9. The standard InChI is InChI=1S/C20H20N2O6S/c1-2-20(12-11-17(23)21-19(20)26)13-7-9-14(10-8-13)22-29(27,28)16-6-4-3-5-15(16)18(24)25/h3-10,22H,2,11-12H2,1H3,(H,24,25)(H,21,23,26). The van der Waals surface area contributed by atoms with Gasteiger partial charge in [0.15, 0.2) is 0 Å². The van der Waals surface area contributed by atoms with E-state index in [4.69, 9.17) is 0 Å². The second-order valence-corrected chi connectivity index (χ2v) is 8.45. The van der Waals surface area contributed by atoms with Crippen molar-refractivity contribution in [2.75, 3.05) is 4.72 Å². The molecule has 2 aromatic rings. The minimum absolute atomic E-state index is 0.229. The molecule has 29 heavy (non-hydrogen) atoms. The highest BCUT2D eigenvalue weighted by atomic mass is 32.2. The van der Waals surface area contributed by atoms with Gasteiger partial charge in [0, 0.05) is 12.1 Å². The van der Waals surface area contributed by atoms with Crippen LogP contribution in [0, 0.1) is 0 Å². The molecule has 3 N–H and O–H groups in total. The predicted molar refractivity (Wildman–Crippen MR) is 105 cm³/mol. The Bertz CT molecular complexity index is 1080. The van der Waals surface area contributed by atoms with Crippen molar-refractivity contribution in [2.24, 2.45) is 0 Å². The van der Waals surface area contributed by atoms with E-state index in [1.54, 1.807) is 12.1 Å². The van der Waals surface area contributed by atoms with Crippen LogP contribution in [0.1, 0.15) is 42.1 Å². The Morgan fingerprint density at radius 2 is 1.79 bits per heavy atom. The topological polar surface area (TPSA) is 130 Å². The molecule has 0 spiro atoms. The molecule has 2 amide bonds. The lowest BCUT2D eigenvalue weighted by Crippen LogP contribution is -2.51. The maximum atomic E-state index is 12.6. The van der Waals surface area contributed by atoms with Gasteiger partial charge in [-0.05, 0) is 42.7 Å². The van der Waals surface area contributed by atoms with E-state index in [0.29, 0.717) is 18.4 Å². The number of sulfonamides is 1. The summed E-state index contributed by atoms with van der Waals surface area (Å²) in [6.07, 6.45) is 1.11. The number of anilines is 1. The summed E-state index contributed by atoms with van der Waals surface area (Å²) in [7, 11) is -4.12. The molecule has 0 aliphatic carbocycles. The first kappa shape index (κ1) is 20.5. The van der Waals surface area contributed by atoms with Crippen molar-refractivity contribution < 1.29 is 27.9 Å². The molecular formula is C20H20N2O6S. The fraction of sp³-hybridized carbons (Fsp3) is 0.250. The predicted octanol–water partition coefficient (Wildman–Crippen LogP) is 2.27. The summed E-state index contributed by atoms with van der Waals surface area (Å²) >= 11 is 0. The average molecular weight is 416 g/mol. The molecular weight excluding hydrogens is 396 g/mol. The van der Waals surface area contributed by atoms with E-state index in [1.165, 1.54) is 36.4 Å². The fourth-order valence-electron chi connectivity index (χ4n) is 3.51. The molecule has 1 unspecified atom stereocenters. The van der Waals surface area contributed by atoms with Crippen molar-refractivity contribution in [1.29, 1.82) is 0 Å². The number of imide groups is 1. The van der Waals surface area contributed by atoms with E-state index >= 15 is 0 Å². The minimum atomic E-state index is -4.12. The number of benzene rings is 2. The number of aromatic carboxylic acids is 1. The third kappa shape index (κ3) is 3.86. The Labute approximate surface area is 168 Å². The van der Waals surface area contributed by atoms with Gasteiger partial charge < -0.3 is 5.11 Å². The molecule has 1 aliphatic heterocycles. The molecule has 0 saturated carbocycles. The van der Waals surface area contributed by atoms with Gasteiger partial charge in [-0.15, -0.1) is 0 Å². The molecule has 3 rings (SSSR count). The first-order valence-electron chi connectivity index (χ1n) is 8.99. The minimum Gasteiger partial charge on any atom is -0.478 e. The lowest BCUT2D eigenvalue weighted by molar-refractivity contribution is -0.138. The van der Waals surface area contributed by atoms with Crippen LogP contribution in [0.25, 0.3) is 0 Å². The number of carbonyl (C=O) groups is 3. The van der Waals surface area contributed by atoms with Crippen molar-refractivity contribution >= 4 is 33.5 Å². The van der Waals surface area contributed by atoms with E-state index < -0.39 is 21.4 Å². The summed E-state index contributed by atoms with van der Waals surface area (Å²) < 4.78 is 27.7. The summed E-state index contributed by atoms with van der Waals surface area (Å²) in [6.45, 7) is 1.86. The van der Waals surface area contributed by atoms with Crippen molar-refractivity contribution in [3.05, 3.63) is 59.7 Å². The van der Waals surface area contributed by atoms with Gasteiger partial charge in [-0.1, -0.05) is 31.2 Å². The molecule has 0 aromatic heterocycles. The van der Waals surface area contributed by atoms with Crippen molar-refractivity contribution in [1.82, 2.24) is 5.32 Å². The number of hydrogen-bond acceptors (Lipinski definition) is 5. The number of carboxylic acids is 1. The van der Waals surface area contributed by atoms with Gasteiger partial charge in [-0.25, -0.2) is 13.2 Å². The van der Waals surface area contributed by atoms with Crippen LogP contribution in [0.15, 0.2) is 53.4 Å². The highest BCUT2D eigenvalue weighted by Gasteiger charge is 2.42. The van der Waals surface area contributed by atoms with Gasteiger partial charge in [-0.2, -0.15) is 0 Å². The largest absolute Gasteiger partial charge is 0.478 e. The van der Waals surface area contributed by atoms with Gasteiger partial charge in [0.2, 0.25) is 11.8 Å². The summed E-state index contributed by atoms with van der Waals surface area (Å²) in [5, 5.41) is 11.6.